The van der Waals surface area contributed by atoms with E-state index in [-0.39, 0.29) is 5.82 Å². The second-order valence-corrected chi connectivity index (χ2v) is 5.05. The molecule has 0 saturated carbocycles. The van der Waals surface area contributed by atoms with Crippen molar-refractivity contribution < 1.29 is 4.39 Å². The predicted octanol–water partition coefficient (Wildman–Crippen LogP) is 5.39. The smallest absolute Gasteiger partial charge is 0.131 e. The number of hydrogen-bond acceptors (Lipinski definition) is 2. The number of nitrogens with one attached hydrogen (secondary N) is 1. The van der Waals surface area contributed by atoms with Gasteiger partial charge in [-0.1, -0.05) is 36.4 Å². The molecule has 21 heavy (non-hydrogen) atoms. The van der Waals surface area contributed by atoms with E-state index in [2.05, 4.69) is 12.6 Å². The van der Waals surface area contributed by atoms with Crippen LogP contribution in [0.5, 0.6) is 0 Å². The van der Waals surface area contributed by atoms with Gasteiger partial charge in [0.15, 0.2) is 0 Å². The van der Waals surface area contributed by atoms with E-state index in [1.54, 1.807) is 18.2 Å². The maximum Gasteiger partial charge on any atom is 0.131 e. The first kappa shape index (κ1) is 15.3. The van der Waals surface area contributed by atoms with Crippen LogP contribution < -0.4 is 0 Å². The Balaban J connectivity index is 2.43. The van der Waals surface area contributed by atoms with Gasteiger partial charge in [0.2, 0.25) is 0 Å². The van der Waals surface area contributed by atoms with E-state index in [0.29, 0.717) is 11.1 Å². The molecule has 0 heterocycles. The third-order valence-electron chi connectivity index (χ3n) is 3.09. The van der Waals surface area contributed by atoms with Crippen molar-refractivity contribution in [1.29, 1.82) is 5.41 Å². The topological polar surface area (TPSA) is 23.9 Å². The van der Waals surface area contributed by atoms with Crippen LogP contribution in [0.1, 0.15) is 12.5 Å². The van der Waals surface area contributed by atoms with Crippen LogP contribution in [-0.4, -0.2) is 6.21 Å². The van der Waals surface area contributed by atoms with E-state index in [1.165, 1.54) is 6.07 Å². The van der Waals surface area contributed by atoms with Crippen molar-refractivity contribution in [3.05, 3.63) is 72.1 Å². The fourth-order valence-electron chi connectivity index (χ4n) is 2.09. The van der Waals surface area contributed by atoms with E-state index < -0.39 is 0 Å². The maximum absolute atomic E-state index is 14.3. The van der Waals surface area contributed by atoms with Crippen molar-refractivity contribution in [2.75, 3.05) is 0 Å². The Hall–Kier alpha value is -2.13. The molecule has 0 bridgehead atoms. The Labute approximate surface area is 129 Å². The van der Waals surface area contributed by atoms with E-state index >= 15 is 0 Å². The van der Waals surface area contributed by atoms with Crippen molar-refractivity contribution in [2.24, 2.45) is 0 Å². The lowest BCUT2D eigenvalue weighted by Crippen LogP contribution is -1.90. The number of halogens is 1. The van der Waals surface area contributed by atoms with Gasteiger partial charge in [-0.15, -0.1) is 12.6 Å². The van der Waals surface area contributed by atoms with E-state index in [1.807, 2.05) is 43.3 Å². The largest absolute Gasteiger partial charge is 0.309 e. The minimum atomic E-state index is -0.298. The minimum absolute atomic E-state index is 0.298. The Morgan fingerprint density at radius 2 is 1.76 bits per heavy atom. The summed E-state index contributed by atoms with van der Waals surface area (Å²) >= 11 is 4.24. The van der Waals surface area contributed by atoms with Crippen molar-refractivity contribution in [3.8, 4) is 11.1 Å². The zero-order valence-electron chi connectivity index (χ0n) is 11.7. The number of allylic oxidation sites excluding steroid dienone is 4. The summed E-state index contributed by atoms with van der Waals surface area (Å²) in [7, 11) is 0. The fourth-order valence-corrected chi connectivity index (χ4v) is 2.24. The molecule has 0 fully saturated rings. The number of rotatable bonds is 4. The summed E-state index contributed by atoms with van der Waals surface area (Å²) in [6.07, 6.45) is 6.36. The van der Waals surface area contributed by atoms with E-state index in [0.717, 1.165) is 22.2 Å². The van der Waals surface area contributed by atoms with Gasteiger partial charge < -0.3 is 5.41 Å². The van der Waals surface area contributed by atoms with Crippen molar-refractivity contribution in [1.82, 2.24) is 0 Å². The highest BCUT2D eigenvalue weighted by atomic mass is 32.1. The molecule has 3 heteroatoms. The van der Waals surface area contributed by atoms with Crippen LogP contribution in [0, 0.1) is 11.2 Å². The summed E-state index contributed by atoms with van der Waals surface area (Å²) in [5.41, 5.74) is 2.94. The van der Waals surface area contributed by atoms with Crippen LogP contribution in [0.3, 0.4) is 0 Å². The second-order valence-electron chi connectivity index (χ2n) is 4.53. The van der Waals surface area contributed by atoms with Gasteiger partial charge in [0.1, 0.15) is 5.82 Å². The summed E-state index contributed by atoms with van der Waals surface area (Å²) < 4.78 is 14.3. The summed E-state index contributed by atoms with van der Waals surface area (Å²) in [5.74, 6) is -0.298. The predicted molar refractivity (Wildman–Crippen MR) is 90.7 cm³/mol. The van der Waals surface area contributed by atoms with Gasteiger partial charge in [-0.2, -0.15) is 0 Å². The standard InChI is InChI=1S/C18H16FNS/c1-2-3-14(10-11-20)17-9-6-15(12-18(17)19)13-4-7-16(21)8-5-13/h2-12,20-21H,1H3/b3-2-,14-10+,20-11?. The van der Waals surface area contributed by atoms with Crippen molar-refractivity contribution in [2.45, 2.75) is 11.8 Å². The first-order valence-corrected chi connectivity index (χ1v) is 7.03. The highest BCUT2D eigenvalue weighted by molar-refractivity contribution is 7.80. The monoisotopic (exact) mass is 297 g/mol. The van der Waals surface area contributed by atoms with Crippen LogP contribution in [0.2, 0.25) is 0 Å². The van der Waals surface area contributed by atoms with Gasteiger partial charge in [0.05, 0.1) is 0 Å². The van der Waals surface area contributed by atoms with Crippen LogP contribution in [0.25, 0.3) is 16.7 Å². The zero-order chi connectivity index (χ0) is 15.2. The Morgan fingerprint density at radius 3 is 2.33 bits per heavy atom. The molecule has 2 aromatic rings. The lowest BCUT2D eigenvalue weighted by molar-refractivity contribution is 0.625. The Kier molecular flexibility index (Phi) is 5.12. The first-order valence-electron chi connectivity index (χ1n) is 6.58. The summed E-state index contributed by atoms with van der Waals surface area (Å²) in [6.45, 7) is 1.86. The molecule has 0 spiro atoms. The summed E-state index contributed by atoms with van der Waals surface area (Å²) in [5, 5.41) is 7.16. The minimum Gasteiger partial charge on any atom is -0.309 e. The molecular weight excluding hydrogens is 281 g/mol. The highest BCUT2D eigenvalue weighted by Gasteiger charge is 2.07. The third kappa shape index (κ3) is 3.70. The van der Waals surface area contributed by atoms with Crippen LogP contribution in [-0.2, 0) is 0 Å². The molecule has 2 aromatic carbocycles. The van der Waals surface area contributed by atoms with E-state index in [9.17, 15) is 4.39 Å². The molecule has 1 N–H and O–H groups in total. The van der Waals surface area contributed by atoms with Crippen LogP contribution >= 0.6 is 12.6 Å². The molecule has 0 amide bonds. The Bertz CT molecular complexity index is 700. The van der Waals surface area contributed by atoms with Gasteiger partial charge in [-0.3, -0.25) is 0 Å². The average Bonchev–Trinajstić information content (AvgIpc) is 2.48. The highest BCUT2D eigenvalue weighted by Crippen LogP contribution is 2.26. The van der Waals surface area contributed by atoms with Crippen LogP contribution in [0.15, 0.2) is 65.6 Å². The average molecular weight is 297 g/mol. The zero-order valence-corrected chi connectivity index (χ0v) is 12.6. The molecule has 2 rings (SSSR count). The normalized spacial score (nSPS) is 11.9. The molecule has 0 aliphatic carbocycles. The molecule has 0 saturated heterocycles. The quantitative estimate of drug-likeness (QED) is 0.429. The SMILES string of the molecule is C/C=C\C(=C/C=N)c1ccc(-c2ccc(S)cc2)cc1F. The fraction of sp³-hybridized carbons (Fsp3) is 0.0556. The van der Waals surface area contributed by atoms with Gasteiger partial charge in [0, 0.05) is 16.7 Å². The van der Waals surface area contributed by atoms with Crippen molar-refractivity contribution >= 4 is 24.4 Å². The molecule has 0 atom stereocenters. The summed E-state index contributed by atoms with van der Waals surface area (Å²) in [4.78, 5) is 0.875. The number of thiol groups is 1. The van der Waals surface area contributed by atoms with Gasteiger partial charge in [-0.05, 0) is 47.9 Å². The molecule has 0 unspecified atom stereocenters. The molecule has 106 valence electrons. The molecular formula is C18H16FNS. The molecule has 0 aromatic heterocycles. The lowest BCUT2D eigenvalue weighted by Gasteiger charge is -2.07. The van der Waals surface area contributed by atoms with Gasteiger partial charge >= 0.3 is 0 Å². The molecule has 0 aliphatic heterocycles. The molecule has 0 aliphatic rings. The Morgan fingerprint density at radius 1 is 1.10 bits per heavy atom. The lowest BCUT2D eigenvalue weighted by atomic mass is 9.99. The third-order valence-corrected chi connectivity index (χ3v) is 3.39. The molecule has 1 nitrogen and oxygen atoms in total. The number of hydrogen-bond donors (Lipinski definition) is 2. The van der Waals surface area contributed by atoms with E-state index in [4.69, 9.17) is 5.41 Å². The molecule has 0 radical (unpaired) electrons. The summed E-state index contributed by atoms with van der Waals surface area (Å²) in [6, 6.07) is 12.7. The van der Waals surface area contributed by atoms with Crippen molar-refractivity contribution in [3.63, 3.8) is 0 Å². The number of benzene rings is 2. The van der Waals surface area contributed by atoms with Gasteiger partial charge in [-0.25, -0.2) is 4.39 Å². The second kappa shape index (κ2) is 7.04. The van der Waals surface area contributed by atoms with Crippen LogP contribution in [0.4, 0.5) is 4.39 Å². The first-order chi connectivity index (χ1) is 10.2. The van der Waals surface area contributed by atoms with Gasteiger partial charge in [0.25, 0.3) is 0 Å². The maximum atomic E-state index is 14.3.